The van der Waals surface area contributed by atoms with Crippen LogP contribution in [0.1, 0.15) is 21.1 Å². The quantitative estimate of drug-likeness (QED) is 0.921. The Bertz CT molecular complexity index is 532. The van der Waals surface area contributed by atoms with Gasteiger partial charge >= 0.3 is 0 Å². The molecule has 0 bridgehead atoms. The molecule has 1 N–H and O–H groups in total. The molecule has 0 saturated carbocycles. The van der Waals surface area contributed by atoms with Crippen molar-refractivity contribution in [1.29, 1.82) is 0 Å². The lowest BCUT2D eigenvalue weighted by atomic mass is 10.1. The van der Waals surface area contributed by atoms with Crippen LogP contribution in [0.4, 0.5) is 0 Å². The summed E-state index contributed by atoms with van der Waals surface area (Å²) in [6.07, 6.45) is 0.688. The van der Waals surface area contributed by atoms with Gasteiger partial charge in [-0.15, -0.1) is 11.3 Å². The Hall–Kier alpha value is -0.610. The van der Waals surface area contributed by atoms with Crippen LogP contribution in [0.5, 0.6) is 0 Å². The monoisotopic (exact) mass is 300 g/mol. The van der Waals surface area contributed by atoms with Crippen LogP contribution in [0.25, 0.3) is 0 Å². The van der Waals surface area contributed by atoms with Gasteiger partial charge in [-0.05, 0) is 31.7 Å². The lowest BCUT2D eigenvalue weighted by Gasteiger charge is -2.04. The van der Waals surface area contributed by atoms with E-state index < -0.39 is 0 Å². The third-order valence-electron chi connectivity index (χ3n) is 2.66. The Morgan fingerprint density at radius 1 is 1.28 bits per heavy atom. The van der Waals surface area contributed by atoms with Crippen molar-refractivity contribution in [2.24, 2.45) is 0 Å². The van der Waals surface area contributed by atoms with Crippen LogP contribution in [0, 0.1) is 6.92 Å². The van der Waals surface area contributed by atoms with Gasteiger partial charge in [0.25, 0.3) is 0 Å². The number of benzene rings is 1. The molecule has 5 heteroatoms. The molecule has 0 amide bonds. The molecule has 0 aliphatic carbocycles. The van der Waals surface area contributed by atoms with Crippen LogP contribution in [0.3, 0.4) is 0 Å². The molecule has 18 heavy (non-hydrogen) atoms. The van der Waals surface area contributed by atoms with E-state index in [-0.39, 0.29) is 0 Å². The largest absolute Gasteiger partial charge is 0.315 e. The van der Waals surface area contributed by atoms with Crippen LogP contribution in [0.15, 0.2) is 18.2 Å². The third kappa shape index (κ3) is 3.04. The molecule has 96 valence electrons. The van der Waals surface area contributed by atoms with E-state index in [1.807, 2.05) is 32.2 Å². The Morgan fingerprint density at radius 3 is 2.56 bits per heavy atom. The van der Waals surface area contributed by atoms with Gasteiger partial charge in [0, 0.05) is 27.9 Å². The molecule has 0 aliphatic rings. The van der Waals surface area contributed by atoms with Gasteiger partial charge in [0.1, 0.15) is 0 Å². The number of hydrogen-bond donors (Lipinski definition) is 1. The molecule has 2 rings (SSSR count). The van der Waals surface area contributed by atoms with E-state index in [4.69, 9.17) is 23.2 Å². The molecule has 0 saturated heterocycles. The molecule has 1 aromatic heterocycles. The summed E-state index contributed by atoms with van der Waals surface area (Å²) >= 11 is 14.0. The van der Waals surface area contributed by atoms with Crippen molar-refractivity contribution >= 4 is 34.5 Å². The zero-order valence-electron chi connectivity index (χ0n) is 10.3. The molecule has 0 aliphatic heterocycles. The highest BCUT2D eigenvalue weighted by Gasteiger charge is 2.11. The number of hydrogen-bond acceptors (Lipinski definition) is 3. The van der Waals surface area contributed by atoms with Gasteiger partial charge in [0.15, 0.2) is 0 Å². The molecule has 1 aromatic carbocycles. The summed E-state index contributed by atoms with van der Waals surface area (Å²) in [5, 5.41) is 5.59. The molecule has 2 nitrogen and oxygen atoms in total. The Labute approximate surface area is 121 Å². The number of nitrogens with one attached hydrogen (secondary N) is 1. The predicted molar refractivity (Wildman–Crippen MR) is 78.9 cm³/mol. The van der Waals surface area contributed by atoms with E-state index >= 15 is 0 Å². The van der Waals surface area contributed by atoms with Crippen LogP contribution in [0.2, 0.25) is 10.0 Å². The van der Waals surface area contributed by atoms with Gasteiger partial charge in [0.05, 0.1) is 10.7 Å². The van der Waals surface area contributed by atoms with Crippen molar-refractivity contribution in [2.45, 2.75) is 19.9 Å². The zero-order chi connectivity index (χ0) is 13.1. The van der Waals surface area contributed by atoms with Gasteiger partial charge < -0.3 is 5.32 Å². The number of rotatable bonds is 4. The summed E-state index contributed by atoms with van der Waals surface area (Å²) in [4.78, 5) is 5.83. The molecular weight excluding hydrogens is 287 g/mol. The molecule has 1 heterocycles. The van der Waals surface area contributed by atoms with Crippen LogP contribution >= 0.6 is 34.5 Å². The minimum absolute atomic E-state index is 0.688. The Balaban J connectivity index is 2.26. The van der Waals surface area contributed by atoms with Crippen molar-refractivity contribution in [1.82, 2.24) is 10.3 Å². The van der Waals surface area contributed by atoms with Gasteiger partial charge in [0.2, 0.25) is 0 Å². The first-order valence-electron chi connectivity index (χ1n) is 5.64. The maximum atomic E-state index is 6.17. The second kappa shape index (κ2) is 6.02. The van der Waals surface area contributed by atoms with Gasteiger partial charge in [-0.1, -0.05) is 29.3 Å². The number of nitrogens with zero attached hydrogens (tertiary/aromatic N) is 1. The summed E-state index contributed by atoms with van der Waals surface area (Å²) in [6, 6.07) is 5.57. The van der Waals surface area contributed by atoms with E-state index in [1.165, 1.54) is 4.88 Å². The van der Waals surface area contributed by atoms with Crippen molar-refractivity contribution < 1.29 is 0 Å². The topological polar surface area (TPSA) is 24.9 Å². The molecule has 2 aromatic rings. The number of aryl methyl sites for hydroxylation is 1. The average molecular weight is 301 g/mol. The molecule has 0 radical (unpaired) electrons. The minimum atomic E-state index is 0.688. The Kier molecular flexibility index (Phi) is 4.62. The maximum absolute atomic E-state index is 6.17. The fourth-order valence-electron chi connectivity index (χ4n) is 1.74. The summed E-state index contributed by atoms with van der Waals surface area (Å²) in [5.41, 5.74) is 2.03. The van der Waals surface area contributed by atoms with Crippen molar-refractivity contribution in [3.8, 4) is 0 Å². The van der Waals surface area contributed by atoms with Crippen LogP contribution < -0.4 is 5.32 Å². The summed E-state index contributed by atoms with van der Waals surface area (Å²) in [6.45, 7) is 2.88. The van der Waals surface area contributed by atoms with E-state index in [1.54, 1.807) is 11.3 Å². The lowest BCUT2D eigenvalue weighted by Crippen LogP contribution is -2.04. The highest BCUT2D eigenvalue weighted by Crippen LogP contribution is 2.29. The van der Waals surface area contributed by atoms with Crippen molar-refractivity contribution in [3.05, 3.63) is 49.4 Å². The van der Waals surface area contributed by atoms with Crippen molar-refractivity contribution in [2.75, 3.05) is 7.05 Å². The summed E-state index contributed by atoms with van der Waals surface area (Å²) < 4.78 is 0. The van der Waals surface area contributed by atoms with Crippen LogP contribution in [-0.4, -0.2) is 12.0 Å². The van der Waals surface area contributed by atoms with Crippen LogP contribution in [-0.2, 0) is 13.0 Å². The predicted octanol–water partition coefficient (Wildman–Crippen LogP) is 4.07. The SMILES string of the molecule is CNCc1sc(Cc2c(Cl)cccc2Cl)nc1C. The van der Waals surface area contributed by atoms with E-state index in [9.17, 15) is 0 Å². The zero-order valence-corrected chi connectivity index (χ0v) is 12.6. The summed E-state index contributed by atoms with van der Waals surface area (Å²) in [5.74, 6) is 0. The first kappa shape index (κ1) is 13.8. The molecular formula is C13H14Cl2N2S. The molecule has 0 spiro atoms. The fraction of sp³-hybridized carbons (Fsp3) is 0.308. The number of aromatic nitrogens is 1. The smallest absolute Gasteiger partial charge is 0.0976 e. The van der Waals surface area contributed by atoms with E-state index in [2.05, 4.69) is 10.3 Å². The second-order valence-corrected chi connectivity index (χ2v) is 6.01. The lowest BCUT2D eigenvalue weighted by molar-refractivity contribution is 0.822. The van der Waals surface area contributed by atoms with E-state index in [0.29, 0.717) is 16.5 Å². The average Bonchev–Trinajstić information content (AvgIpc) is 2.66. The normalized spacial score (nSPS) is 10.9. The highest BCUT2D eigenvalue weighted by molar-refractivity contribution is 7.11. The first-order valence-corrected chi connectivity index (χ1v) is 7.21. The minimum Gasteiger partial charge on any atom is -0.315 e. The van der Waals surface area contributed by atoms with Gasteiger partial charge in [-0.3, -0.25) is 0 Å². The Morgan fingerprint density at radius 2 is 1.94 bits per heavy atom. The van der Waals surface area contributed by atoms with Gasteiger partial charge in [-0.25, -0.2) is 4.98 Å². The third-order valence-corrected chi connectivity index (χ3v) is 4.53. The second-order valence-electron chi connectivity index (χ2n) is 4.02. The van der Waals surface area contributed by atoms with E-state index in [0.717, 1.165) is 22.8 Å². The molecule has 0 atom stereocenters. The fourth-order valence-corrected chi connectivity index (χ4v) is 3.37. The highest BCUT2D eigenvalue weighted by atomic mass is 35.5. The van der Waals surface area contributed by atoms with Crippen molar-refractivity contribution in [3.63, 3.8) is 0 Å². The number of thiazole rings is 1. The number of halogens is 2. The maximum Gasteiger partial charge on any atom is 0.0976 e. The first-order chi connectivity index (χ1) is 8.61. The summed E-state index contributed by atoms with van der Waals surface area (Å²) in [7, 11) is 1.93. The van der Waals surface area contributed by atoms with Gasteiger partial charge in [-0.2, -0.15) is 0 Å². The molecule has 0 fully saturated rings. The molecule has 0 unspecified atom stereocenters. The standard InChI is InChI=1S/C13H14Cl2N2S/c1-8-12(7-16-2)18-13(17-8)6-9-10(14)4-3-5-11(9)15/h3-5,16H,6-7H2,1-2H3.